The van der Waals surface area contributed by atoms with Crippen LogP contribution in [0.1, 0.15) is 0 Å². The standard InChI is InChI=1S/C20H11F2N3O2/c21-14-10-12(16-2-1-3-18-23-7-8-25(16)18)11-15(22)19(14)27-20-13-5-9-26-17(13)4-6-24-20/h1-11H. The van der Waals surface area contributed by atoms with Gasteiger partial charge < -0.3 is 9.15 Å². The normalized spacial score (nSPS) is 11.3. The average Bonchev–Trinajstić information content (AvgIpc) is 3.33. The Morgan fingerprint density at radius 1 is 0.963 bits per heavy atom. The summed E-state index contributed by atoms with van der Waals surface area (Å²) in [7, 11) is 0. The Hall–Kier alpha value is -3.74. The minimum absolute atomic E-state index is 0.0727. The van der Waals surface area contributed by atoms with Crippen molar-refractivity contribution in [3.63, 3.8) is 0 Å². The maximum absolute atomic E-state index is 14.7. The quantitative estimate of drug-likeness (QED) is 0.441. The van der Waals surface area contributed by atoms with Crippen LogP contribution in [0.25, 0.3) is 27.9 Å². The Morgan fingerprint density at radius 2 is 1.81 bits per heavy atom. The lowest BCUT2D eigenvalue weighted by Crippen LogP contribution is -1.97. The van der Waals surface area contributed by atoms with Crippen LogP contribution < -0.4 is 4.74 Å². The molecule has 0 saturated carbocycles. The first-order chi connectivity index (χ1) is 13.2. The first kappa shape index (κ1) is 15.5. The summed E-state index contributed by atoms with van der Waals surface area (Å²) < 4.78 is 41.8. The zero-order chi connectivity index (χ0) is 18.4. The van der Waals surface area contributed by atoms with Gasteiger partial charge in [-0.1, -0.05) is 6.07 Å². The van der Waals surface area contributed by atoms with E-state index in [0.717, 1.165) is 0 Å². The molecule has 0 radical (unpaired) electrons. The third kappa shape index (κ3) is 2.52. The fraction of sp³-hybridized carbons (Fsp3) is 0. The molecule has 0 N–H and O–H groups in total. The molecule has 0 saturated heterocycles. The highest BCUT2D eigenvalue weighted by atomic mass is 19.1. The second kappa shape index (κ2) is 5.91. The van der Waals surface area contributed by atoms with E-state index in [0.29, 0.717) is 27.9 Å². The van der Waals surface area contributed by atoms with Gasteiger partial charge in [-0.15, -0.1) is 0 Å². The molecule has 5 nitrogen and oxygen atoms in total. The molecular weight excluding hydrogens is 352 g/mol. The Bertz CT molecular complexity index is 1270. The highest BCUT2D eigenvalue weighted by molar-refractivity contribution is 5.82. The van der Waals surface area contributed by atoms with Crippen molar-refractivity contribution in [3.05, 3.63) is 79.0 Å². The maximum Gasteiger partial charge on any atom is 0.230 e. The van der Waals surface area contributed by atoms with Crippen molar-refractivity contribution < 1.29 is 17.9 Å². The van der Waals surface area contributed by atoms with E-state index in [2.05, 4.69) is 9.97 Å². The summed E-state index contributed by atoms with van der Waals surface area (Å²) in [6.45, 7) is 0. The molecule has 1 aromatic carbocycles. The highest BCUT2D eigenvalue weighted by Crippen LogP contribution is 2.34. The monoisotopic (exact) mass is 363 g/mol. The van der Waals surface area contributed by atoms with Gasteiger partial charge in [0.15, 0.2) is 11.6 Å². The zero-order valence-electron chi connectivity index (χ0n) is 13.8. The minimum Gasteiger partial charge on any atom is -0.464 e. The summed E-state index contributed by atoms with van der Waals surface area (Å²) in [6, 6.07) is 11.1. The molecule has 0 unspecified atom stereocenters. The van der Waals surface area contributed by atoms with Crippen molar-refractivity contribution in [1.82, 2.24) is 14.4 Å². The maximum atomic E-state index is 14.7. The number of ether oxygens (including phenoxy) is 1. The number of aromatic nitrogens is 3. The summed E-state index contributed by atoms with van der Waals surface area (Å²) in [6.07, 6.45) is 6.26. The van der Waals surface area contributed by atoms with Crippen LogP contribution in [-0.4, -0.2) is 14.4 Å². The first-order valence-electron chi connectivity index (χ1n) is 8.12. The topological polar surface area (TPSA) is 52.6 Å². The van der Waals surface area contributed by atoms with Crippen molar-refractivity contribution in [2.24, 2.45) is 0 Å². The van der Waals surface area contributed by atoms with Gasteiger partial charge in [0.25, 0.3) is 0 Å². The van der Waals surface area contributed by atoms with Crippen molar-refractivity contribution in [2.75, 3.05) is 0 Å². The van der Waals surface area contributed by atoms with E-state index >= 15 is 0 Å². The molecular formula is C20H11F2N3O2. The van der Waals surface area contributed by atoms with Crippen molar-refractivity contribution in [1.29, 1.82) is 0 Å². The third-order valence-electron chi connectivity index (χ3n) is 4.26. The van der Waals surface area contributed by atoms with Crippen molar-refractivity contribution >= 4 is 16.6 Å². The third-order valence-corrected chi connectivity index (χ3v) is 4.26. The van der Waals surface area contributed by atoms with Gasteiger partial charge in [-0.2, -0.15) is 0 Å². The predicted molar refractivity (Wildman–Crippen MR) is 94.6 cm³/mol. The zero-order valence-corrected chi connectivity index (χ0v) is 13.8. The van der Waals surface area contributed by atoms with E-state index < -0.39 is 17.4 Å². The molecule has 4 aromatic heterocycles. The summed E-state index contributed by atoms with van der Waals surface area (Å²) >= 11 is 0. The number of benzene rings is 1. The number of hydrogen-bond acceptors (Lipinski definition) is 4. The van der Waals surface area contributed by atoms with Gasteiger partial charge in [0.05, 0.1) is 17.3 Å². The molecule has 7 heteroatoms. The smallest absolute Gasteiger partial charge is 0.230 e. The Balaban J connectivity index is 1.60. The number of pyridine rings is 2. The Labute approximate surface area is 151 Å². The molecule has 5 aromatic rings. The summed E-state index contributed by atoms with van der Waals surface area (Å²) in [4.78, 5) is 8.22. The van der Waals surface area contributed by atoms with E-state index in [4.69, 9.17) is 9.15 Å². The lowest BCUT2D eigenvalue weighted by Gasteiger charge is -2.11. The van der Waals surface area contributed by atoms with E-state index in [1.165, 1.54) is 24.6 Å². The number of fused-ring (bicyclic) bond motifs is 2. The van der Waals surface area contributed by atoms with Gasteiger partial charge in [-0.3, -0.25) is 4.40 Å². The molecule has 132 valence electrons. The fourth-order valence-corrected chi connectivity index (χ4v) is 3.04. The van der Waals surface area contributed by atoms with Gasteiger partial charge in [0.1, 0.15) is 11.2 Å². The molecule has 4 heterocycles. The van der Waals surface area contributed by atoms with Crippen molar-refractivity contribution in [3.8, 4) is 22.9 Å². The predicted octanol–water partition coefficient (Wildman–Crippen LogP) is 5.21. The molecule has 0 aliphatic rings. The Kier molecular flexibility index (Phi) is 3.39. The molecule has 0 bridgehead atoms. The van der Waals surface area contributed by atoms with E-state index in [1.807, 2.05) is 6.07 Å². The molecule has 0 spiro atoms. The van der Waals surface area contributed by atoms with Gasteiger partial charge in [-0.05, 0) is 36.4 Å². The minimum atomic E-state index is -0.829. The summed E-state index contributed by atoms with van der Waals surface area (Å²) in [5.41, 5.74) is 2.19. The lowest BCUT2D eigenvalue weighted by atomic mass is 10.1. The highest BCUT2D eigenvalue weighted by Gasteiger charge is 2.18. The number of imidazole rings is 1. The van der Waals surface area contributed by atoms with Gasteiger partial charge in [0, 0.05) is 24.2 Å². The molecule has 5 rings (SSSR count). The van der Waals surface area contributed by atoms with Crippen LogP contribution in [0.4, 0.5) is 8.78 Å². The molecule has 0 atom stereocenters. The largest absolute Gasteiger partial charge is 0.464 e. The molecule has 27 heavy (non-hydrogen) atoms. The number of nitrogens with zero attached hydrogens (tertiary/aromatic N) is 3. The molecule has 0 aliphatic heterocycles. The summed E-state index contributed by atoms with van der Waals surface area (Å²) in [5.74, 6) is -2.10. The second-order valence-electron chi connectivity index (χ2n) is 5.89. The first-order valence-corrected chi connectivity index (χ1v) is 8.12. The van der Waals surface area contributed by atoms with E-state index in [9.17, 15) is 8.78 Å². The lowest BCUT2D eigenvalue weighted by molar-refractivity contribution is 0.399. The number of halogens is 2. The van der Waals surface area contributed by atoms with Crippen LogP contribution in [0, 0.1) is 11.6 Å². The van der Waals surface area contributed by atoms with Gasteiger partial charge >= 0.3 is 0 Å². The van der Waals surface area contributed by atoms with Crippen LogP contribution in [0.15, 0.2) is 71.7 Å². The fourth-order valence-electron chi connectivity index (χ4n) is 3.04. The van der Waals surface area contributed by atoms with Crippen LogP contribution in [-0.2, 0) is 0 Å². The molecule has 0 fully saturated rings. The number of hydrogen-bond donors (Lipinski definition) is 0. The van der Waals surface area contributed by atoms with E-state index in [1.54, 1.807) is 41.1 Å². The van der Waals surface area contributed by atoms with Gasteiger partial charge in [-0.25, -0.2) is 18.7 Å². The second-order valence-corrected chi connectivity index (χ2v) is 5.89. The molecule has 0 aliphatic carbocycles. The van der Waals surface area contributed by atoms with Crippen LogP contribution in [0.5, 0.6) is 11.6 Å². The number of furan rings is 1. The van der Waals surface area contributed by atoms with Crippen molar-refractivity contribution in [2.45, 2.75) is 0 Å². The summed E-state index contributed by atoms with van der Waals surface area (Å²) in [5, 5.41) is 0.531. The molecule has 0 amide bonds. The van der Waals surface area contributed by atoms with Gasteiger partial charge in [0.2, 0.25) is 11.6 Å². The SMILES string of the molecule is Fc1cc(-c2cccc3nccn23)cc(F)c1Oc1nccc2occc12. The Morgan fingerprint density at radius 3 is 2.67 bits per heavy atom. The van der Waals surface area contributed by atoms with Crippen LogP contribution in [0.3, 0.4) is 0 Å². The van der Waals surface area contributed by atoms with Crippen LogP contribution >= 0.6 is 0 Å². The van der Waals surface area contributed by atoms with E-state index in [-0.39, 0.29) is 5.88 Å². The van der Waals surface area contributed by atoms with Crippen LogP contribution in [0.2, 0.25) is 0 Å². The average molecular weight is 363 g/mol. The number of rotatable bonds is 3.